The topological polar surface area (TPSA) is 80.5 Å². The van der Waals surface area contributed by atoms with Crippen molar-refractivity contribution < 1.29 is 27.8 Å². The van der Waals surface area contributed by atoms with Gasteiger partial charge in [0.15, 0.2) is 0 Å². The molecule has 2 aromatic heterocycles. The lowest BCUT2D eigenvalue weighted by Crippen LogP contribution is -2.40. The first-order chi connectivity index (χ1) is 15.1. The van der Waals surface area contributed by atoms with E-state index in [0.717, 1.165) is 23.4 Å². The van der Waals surface area contributed by atoms with Gasteiger partial charge in [-0.25, -0.2) is 4.98 Å². The van der Waals surface area contributed by atoms with Crippen LogP contribution in [0.1, 0.15) is 27.3 Å². The van der Waals surface area contributed by atoms with Gasteiger partial charge in [-0.05, 0) is 42.8 Å². The molecule has 0 aliphatic carbocycles. The molecule has 0 fully saturated rings. The quantitative estimate of drug-likeness (QED) is 0.572. The van der Waals surface area contributed by atoms with Crippen molar-refractivity contribution in [2.75, 3.05) is 13.2 Å². The molecule has 0 radical (unpaired) electrons. The third kappa shape index (κ3) is 5.85. The zero-order chi connectivity index (χ0) is 23.3. The number of pyridine rings is 1. The van der Waals surface area contributed by atoms with Gasteiger partial charge in [0.05, 0.1) is 24.6 Å². The molecule has 32 heavy (non-hydrogen) atoms. The van der Waals surface area contributed by atoms with Crippen LogP contribution in [0.15, 0.2) is 55.1 Å². The highest BCUT2D eigenvalue weighted by atomic mass is 19.4. The van der Waals surface area contributed by atoms with Crippen molar-refractivity contribution in [1.82, 2.24) is 19.4 Å². The van der Waals surface area contributed by atoms with Crippen LogP contribution in [-0.4, -0.2) is 49.7 Å². The summed E-state index contributed by atoms with van der Waals surface area (Å²) in [4.78, 5) is 22.7. The smallest absolute Gasteiger partial charge is 0.416 e. The van der Waals surface area contributed by atoms with Gasteiger partial charge in [0.25, 0.3) is 5.91 Å². The fraction of sp³-hybridized carbons (Fsp3) is 0.318. The maximum Gasteiger partial charge on any atom is 0.416 e. The highest BCUT2D eigenvalue weighted by molar-refractivity contribution is 5.92. The van der Waals surface area contributed by atoms with E-state index in [1.54, 1.807) is 23.9 Å². The van der Waals surface area contributed by atoms with E-state index in [4.69, 9.17) is 4.74 Å². The van der Waals surface area contributed by atoms with Gasteiger partial charge < -0.3 is 19.3 Å². The predicted molar refractivity (Wildman–Crippen MR) is 110 cm³/mol. The lowest BCUT2D eigenvalue weighted by molar-refractivity contribution is -0.137. The fourth-order valence-electron chi connectivity index (χ4n) is 3.07. The van der Waals surface area contributed by atoms with Crippen LogP contribution in [0.25, 0.3) is 0 Å². The number of aromatic nitrogens is 3. The second-order valence-electron chi connectivity index (χ2n) is 7.31. The van der Waals surface area contributed by atoms with Gasteiger partial charge in [-0.1, -0.05) is 6.07 Å². The lowest BCUT2D eigenvalue weighted by Gasteiger charge is -2.26. The van der Waals surface area contributed by atoms with Gasteiger partial charge in [-0.2, -0.15) is 13.2 Å². The standard InChI is InChI=1S/C22H23F3N4O3/c1-15-16(4-3-9-27-15)11-29(21(31)20-10-26-14-28(20)2)12-18(30)13-32-19-7-5-17(6-8-19)22(23,24)25/h3-10,14,18,30H,11-13H2,1-2H3. The highest BCUT2D eigenvalue weighted by Crippen LogP contribution is 2.30. The van der Waals surface area contributed by atoms with Crippen molar-refractivity contribution in [1.29, 1.82) is 0 Å². The average molecular weight is 448 g/mol. The average Bonchev–Trinajstić information content (AvgIpc) is 3.18. The van der Waals surface area contributed by atoms with E-state index in [2.05, 4.69) is 9.97 Å². The Morgan fingerprint density at radius 2 is 1.97 bits per heavy atom. The number of nitrogens with zero attached hydrogens (tertiary/aromatic N) is 4. The Morgan fingerprint density at radius 3 is 2.56 bits per heavy atom. The lowest BCUT2D eigenvalue weighted by atomic mass is 10.1. The van der Waals surface area contributed by atoms with Crippen LogP contribution in [0.3, 0.4) is 0 Å². The minimum absolute atomic E-state index is 0.0566. The number of ether oxygens (including phenoxy) is 1. The number of rotatable bonds is 8. The Kier molecular flexibility index (Phi) is 7.14. The summed E-state index contributed by atoms with van der Waals surface area (Å²) in [5.41, 5.74) is 1.14. The van der Waals surface area contributed by atoms with Crippen LogP contribution in [-0.2, 0) is 19.8 Å². The fourth-order valence-corrected chi connectivity index (χ4v) is 3.07. The molecule has 0 saturated heterocycles. The molecule has 1 N–H and O–H groups in total. The summed E-state index contributed by atoms with van der Waals surface area (Å²) in [6.45, 7) is 1.78. The number of carbonyl (C=O) groups is 1. The van der Waals surface area contributed by atoms with Gasteiger partial charge in [-0.3, -0.25) is 9.78 Å². The second-order valence-corrected chi connectivity index (χ2v) is 7.31. The molecule has 1 unspecified atom stereocenters. The van der Waals surface area contributed by atoms with Gasteiger partial charge in [0.2, 0.25) is 0 Å². The summed E-state index contributed by atoms with van der Waals surface area (Å²) in [6.07, 6.45) is -0.915. The molecule has 10 heteroatoms. The van der Waals surface area contributed by atoms with Crippen molar-refractivity contribution in [3.05, 3.63) is 77.6 Å². The van der Waals surface area contributed by atoms with Crippen LogP contribution >= 0.6 is 0 Å². The van der Waals surface area contributed by atoms with Crippen LogP contribution in [0.5, 0.6) is 5.75 Å². The molecule has 0 aliphatic rings. The number of carbonyl (C=O) groups excluding carboxylic acids is 1. The summed E-state index contributed by atoms with van der Waals surface area (Å²) < 4.78 is 45.0. The van der Waals surface area contributed by atoms with E-state index in [-0.39, 0.29) is 31.4 Å². The summed E-state index contributed by atoms with van der Waals surface area (Å²) in [5.74, 6) is -0.147. The molecule has 0 saturated carbocycles. The van der Waals surface area contributed by atoms with Crippen LogP contribution < -0.4 is 4.74 Å². The summed E-state index contributed by atoms with van der Waals surface area (Å²) in [6, 6.07) is 7.80. The minimum atomic E-state index is -4.44. The number of aryl methyl sites for hydroxylation is 2. The zero-order valence-corrected chi connectivity index (χ0v) is 17.6. The molecule has 0 bridgehead atoms. The normalized spacial score (nSPS) is 12.4. The second kappa shape index (κ2) is 9.82. The van der Waals surface area contributed by atoms with Crippen LogP contribution in [0, 0.1) is 6.92 Å². The van der Waals surface area contributed by atoms with Crippen molar-refractivity contribution in [3.63, 3.8) is 0 Å². The number of benzene rings is 1. The van der Waals surface area contributed by atoms with Crippen molar-refractivity contribution in [3.8, 4) is 5.75 Å². The first-order valence-electron chi connectivity index (χ1n) is 9.79. The number of alkyl halides is 3. The van der Waals surface area contributed by atoms with E-state index < -0.39 is 17.8 Å². The molecule has 3 rings (SSSR count). The Balaban J connectivity index is 1.69. The number of hydrogen-bond donors (Lipinski definition) is 1. The van der Waals surface area contributed by atoms with Crippen molar-refractivity contribution >= 4 is 5.91 Å². The van der Waals surface area contributed by atoms with Gasteiger partial charge >= 0.3 is 6.18 Å². The number of halogens is 3. The van der Waals surface area contributed by atoms with Crippen LogP contribution in [0.4, 0.5) is 13.2 Å². The molecule has 1 atom stereocenters. The summed E-state index contributed by atoms with van der Waals surface area (Å²) in [7, 11) is 1.69. The molecule has 0 aliphatic heterocycles. The Hall–Kier alpha value is -3.40. The Labute approximate surface area is 183 Å². The van der Waals surface area contributed by atoms with E-state index in [1.165, 1.54) is 29.6 Å². The first-order valence-corrected chi connectivity index (χ1v) is 9.79. The molecular formula is C22H23F3N4O3. The molecule has 170 valence electrons. The first kappa shape index (κ1) is 23.3. The molecule has 1 aromatic carbocycles. The SMILES string of the molecule is Cc1ncccc1CN(CC(O)COc1ccc(C(F)(F)F)cc1)C(=O)c1cncn1C. The molecule has 7 nitrogen and oxygen atoms in total. The van der Waals surface area contributed by atoms with Gasteiger partial charge in [-0.15, -0.1) is 0 Å². The maximum atomic E-state index is 13.1. The predicted octanol–water partition coefficient (Wildman–Crippen LogP) is 3.22. The number of aliphatic hydroxyl groups is 1. The zero-order valence-electron chi connectivity index (χ0n) is 17.6. The van der Waals surface area contributed by atoms with Crippen molar-refractivity contribution in [2.45, 2.75) is 25.7 Å². The number of imidazole rings is 1. The monoisotopic (exact) mass is 448 g/mol. The number of amides is 1. The maximum absolute atomic E-state index is 13.1. The minimum Gasteiger partial charge on any atom is -0.491 e. The molecule has 3 aromatic rings. The Bertz CT molecular complexity index is 1050. The van der Waals surface area contributed by atoms with E-state index in [9.17, 15) is 23.1 Å². The summed E-state index contributed by atoms with van der Waals surface area (Å²) >= 11 is 0. The largest absolute Gasteiger partial charge is 0.491 e. The molecule has 1 amide bonds. The van der Waals surface area contributed by atoms with Crippen molar-refractivity contribution in [2.24, 2.45) is 7.05 Å². The number of hydrogen-bond acceptors (Lipinski definition) is 5. The molecule has 0 spiro atoms. The third-order valence-corrected chi connectivity index (χ3v) is 4.86. The Morgan fingerprint density at radius 1 is 1.25 bits per heavy atom. The van der Waals surface area contributed by atoms with E-state index in [0.29, 0.717) is 5.69 Å². The molecule has 2 heterocycles. The van der Waals surface area contributed by atoms with Crippen LogP contribution in [0.2, 0.25) is 0 Å². The van der Waals surface area contributed by atoms with Gasteiger partial charge in [0, 0.05) is 25.5 Å². The molecular weight excluding hydrogens is 425 g/mol. The third-order valence-electron chi connectivity index (χ3n) is 4.86. The van der Waals surface area contributed by atoms with E-state index >= 15 is 0 Å². The highest BCUT2D eigenvalue weighted by Gasteiger charge is 2.30. The van der Waals surface area contributed by atoms with E-state index in [1.807, 2.05) is 13.0 Å². The summed E-state index contributed by atoms with van der Waals surface area (Å²) in [5, 5.41) is 10.5. The van der Waals surface area contributed by atoms with Gasteiger partial charge in [0.1, 0.15) is 24.2 Å². The number of aliphatic hydroxyl groups excluding tert-OH is 1.